The zero-order valence-corrected chi connectivity index (χ0v) is 14.5. The highest BCUT2D eigenvalue weighted by atomic mass is 79.9. The Morgan fingerprint density at radius 1 is 1.19 bits per heavy atom. The molecule has 0 bridgehead atoms. The molecule has 0 aromatic heterocycles. The lowest BCUT2D eigenvalue weighted by Gasteiger charge is -2.19. The topological polar surface area (TPSA) is 15.3 Å². The van der Waals surface area contributed by atoms with Gasteiger partial charge in [-0.1, -0.05) is 33.6 Å². The summed E-state index contributed by atoms with van der Waals surface area (Å²) in [6, 6.07) is 13.1. The maximum absolute atomic E-state index is 6.34. The minimum absolute atomic E-state index is 0.370. The van der Waals surface area contributed by atoms with Crippen LogP contribution >= 0.6 is 27.5 Å². The number of nitrogens with zero attached hydrogens (tertiary/aromatic N) is 1. The number of rotatable bonds is 3. The maximum atomic E-state index is 6.34. The Morgan fingerprint density at radius 2 is 2.00 bits per heavy atom. The van der Waals surface area contributed by atoms with Crippen LogP contribution in [-0.4, -0.2) is 14.1 Å². The smallest absolute Gasteiger partial charge is 0.0659 e. The molecule has 110 valence electrons. The first-order valence-electron chi connectivity index (χ1n) is 7.06. The fourth-order valence-corrected chi connectivity index (χ4v) is 3.65. The molecule has 0 amide bonds. The SMILES string of the molecule is CN(C)c1ccc(NC2CCc3cc(Br)ccc32)cc1Cl. The highest BCUT2D eigenvalue weighted by Crippen LogP contribution is 2.36. The van der Waals surface area contributed by atoms with Gasteiger partial charge in [-0.05, 0) is 54.3 Å². The van der Waals surface area contributed by atoms with Crippen LogP contribution in [0, 0.1) is 0 Å². The van der Waals surface area contributed by atoms with Crippen LogP contribution in [0.5, 0.6) is 0 Å². The molecule has 0 radical (unpaired) electrons. The first-order valence-corrected chi connectivity index (χ1v) is 8.23. The predicted molar refractivity (Wildman–Crippen MR) is 94.6 cm³/mol. The van der Waals surface area contributed by atoms with E-state index in [9.17, 15) is 0 Å². The Balaban J connectivity index is 1.81. The molecule has 0 spiro atoms. The standard InChI is InChI=1S/C17H18BrClN2/c1-21(2)17-8-5-13(10-15(17)19)20-16-7-3-11-9-12(18)4-6-14(11)16/h4-6,8-10,16,20H,3,7H2,1-2H3. The summed E-state index contributed by atoms with van der Waals surface area (Å²) < 4.78 is 1.15. The Labute approximate surface area is 139 Å². The number of hydrogen-bond donors (Lipinski definition) is 1. The van der Waals surface area contributed by atoms with Gasteiger partial charge in [0.15, 0.2) is 0 Å². The Hall–Kier alpha value is -1.19. The van der Waals surface area contributed by atoms with Crippen LogP contribution in [0.1, 0.15) is 23.6 Å². The molecule has 0 heterocycles. The van der Waals surface area contributed by atoms with Crippen molar-refractivity contribution in [1.82, 2.24) is 0 Å². The van der Waals surface area contributed by atoms with Crippen LogP contribution in [-0.2, 0) is 6.42 Å². The van der Waals surface area contributed by atoms with Gasteiger partial charge in [-0.15, -0.1) is 0 Å². The van der Waals surface area contributed by atoms with E-state index in [-0.39, 0.29) is 0 Å². The number of benzene rings is 2. The van der Waals surface area contributed by atoms with Gasteiger partial charge in [-0.2, -0.15) is 0 Å². The van der Waals surface area contributed by atoms with E-state index in [2.05, 4.69) is 51.6 Å². The maximum Gasteiger partial charge on any atom is 0.0659 e. The van der Waals surface area contributed by atoms with Crippen molar-refractivity contribution in [2.45, 2.75) is 18.9 Å². The summed E-state index contributed by atoms with van der Waals surface area (Å²) in [5.41, 5.74) is 4.94. The van der Waals surface area contributed by atoms with E-state index < -0.39 is 0 Å². The van der Waals surface area contributed by atoms with E-state index in [1.165, 1.54) is 11.1 Å². The molecule has 0 saturated carbocycles. The van der Waals surface area contributed by atoms with E-state index in [1.807, 2.05) is 25.1 Å². The lowest BCUT2D eigenvalue weighted by Crippen LogP contribution is -2.10. The van der Waals surface area contributed by atoms with Crippen LogP contribution in [0.3, 0.4) is 0 Å². The molecular weight excluding hydrogens is 348 g/mol. The summed E-state index contributed by atoms with van der Waals surface area (Å²) in [6.45, 7) is 0. The normalized spacial score (nSPS) is 16.7. The second-order valence-corrected chi connectivity index (χ2v) is 6.96. The molecule has 0 fully saturated rings. The van der Waals surface area contributed by atoms with E-state index in [1.54, 1.807) is 0 Å². The summed E-state index contributed by atoms with van der Waals surface area (Å²) in [7, 11) is 4.00. The van der Waals surface area contributed by atoms with Crippen molar-refractivity contribution in [2.24, 2.45) is 0 Å². The predicted octanol–water partition coefficient (Wildman–Crippen LogP) is 5.27. The number of aryl methyl sites for hydroxylation is 1. The highest BCUT2D eigenvalue weighted by Gasteiger charge is 2.22. The molecule has 2 aromatic carbocycles. The van der Waals surface area contributed by atoms with Crippen molar-refractivity contribution in [3.8, 4) is 0 Å². The summed E-state index contributed by atoms with van der Waals surface area (Å²) in [6.07, 6.45) is 2.24. The summed E-state index contributed by atoms with van der Waals surface area (Å²) in [5.74, 6) is 0. The average molecular weight is 366 g/mol. The van der Waals surface area contributed by atoms with Crippen molar-refractivity contribution in [3.63, 3.8) is 0 Å². The largest absolute Gasteiger partial charge is 0.378 e. The van der Waals surface area contributed by atoms with Crippen LogP contribution < -0.4 is 10.2 Å². The molecule has 4 heteroatoms. The van der Waals surface area contributed by atoms with Crippen LogP contribution in [0.25, 0.3) is 0 Å². The van der Waals surface area contributed by atoms with Gasteiger partial charge >= 0.3 is 0 Å². The van der Waals surface area contributed by atoms with Crippen molar-refractivity contribution >= 4 is 38.9 Å². The summed E-state index contributed by atoms with van der Waals surface area (Å²) in [5, 5.41) is 4.38. The van der Waals surface area contributed by atoms with E-state index in [0.717, 1.165) is 33.7 Å². The number of fused-ring (bicyclic) bond motifs is 1. The van der Waals surface area contributed by atoms with Gasteiger partial charge in [-0.25, -0.2) is 0 Å². The minimum Gasteiger partial charge on any atom is -0.378 e. The summed E-state index contributed by atoms with van der Waals surface area (Å²) in [4.78, 5) is 2.02. The molecule has 3 rings (SSSR count). The van der Waals surface area contributed by atoms with Crippen molar-refractivity contribution < 1.29 is 0 Å². The second-order valence-electron chi connectivity index (χ2n) is 5.64. The van der Waals surface area contributed by atoms with Gasteiger partial charge in [0.05, 0.1) is 16.8 Å². The van der Waals surface area contributed by atoms with Crippen LogP contribution in [0.2, 0.25) is 5.02 Å². The molecule has 1 aliphatic rings. The zero-order chi connectivity index (χ0) is 15.0. The number of nitrogens with one attached hydrogen (secondary N) is 1. The van der Waals surface area contributed by atoms with E-state index in [0.29, 0.717) is 6.04 Å². The lowest BCUT2D eigenvalue weighted by atomic mass is 10.1. The summed E-state index contributed by atoms with van der Waals surface area (Å²) >= 11 is 9.88. The quantitative estimate of drug-likeness (QED) is 0.797. The second kappa shape index (κ2) is 5.90. The molecule has 2 nitrogen and oxygen atoms in total. The van der Waals surface area contributed by atoms with Gasteiger partial charge < -0.3 is 10.2 Å². The molecule has 0 saturated heterocycles. The first-order chi connectivity index (χ1) is 10.0. The monoisotopic (exact) mass is 364 g/mol. The van der Waals surface area contributed by atoms with Crippen molar-refractivity contribution in [1.29, 1.82) is 0 Å². The van der Waals surface area contributed by atoms with E-state index >= 15 is 0 Å². The molecule has 1 N–H and O–H groups in total. The highest BCUT2D eigenvalue weighted by molar-refractivity contribution is 9.10. The number of halogens is 2. The van der Waals surface area contributed by atoms with Gasteiger partial charge in [0.25, 0.3) is 0 Å². The molecule has 2 aromatic rings. The molecular formula is C17H18BrClN2. The average Bonchev–Trinajstić information content (AvgIpc) is 2.80. The van der Waals surface area contributed by atoms with Crippen LogP contribution in [0.15, 0.2) is 40.9 Å². The van der Waals surface area contributed by atoms with Crippen molar-refractivity contribution in [2.75, 3.05) is 24.3 Å². The molecule has 1 unspecified atom stereocenters. The number of anilines is 2. The Morgan fingerprint density at radius 3 is 2.71 bits per heavy atom. The first kappa shape index (κ1) is 14.7. The Bertz CT molecular complexity index is 670. The number of hydrogen-bond acceptors (Lipinski definition) is 2. The Kier molecular flexibility index (Phi) is 4.14. The van der Waals surface area contributed by atoms with Gasteiger partial charge in [-0.3, -0.25) is 0 Å². The third-order valence-electron chi connectivity index (χ3n) is 3.95. The van der Waals surface area contributed by atoms with Gasteiger partial charge in [0.2, 0.25) is 0 Å². The fraction of sp³-hybridized carbons (Fsp3) is 0.294. The third kappa shape index (κ3) is 3.04. The fourth-order valence-electron chi connectivity index (χ4n) is 2.90. The van der Waals surface area contributed by atoms with Gasteiger partial charge in [0, 0.05) is 24.3 Å². The molecule has 21 heavy (non-hydrogen) atoms. The van der Waals surface area contributed by atoms with Gasteiger partial charge in [0.1, 0.15) is 0 Å². The third-order valence-corrected chi connectivity index (χ3v) is 4.75. The van der Waals surface area contributed by atoms with Crippen LogP contribution in [0.4, 0.5) is 11.4 Å². The molecule has 1 aliphatic carbocycles. The van der Waals surface area contributed by atoms with E-state index in [4.69, 9.17) is 11.6 Å². The lowest BCUT2D eigenvalue weighted by molar-refractivity contribution is 0.762. The molecule has 0 aliphatic heterocycles. The molecule has 1 atom stereocenters. The van der Waals surface area contributed by atoms with Crippen molar-refractivity contribution in [3.05, 3.63) is 57.0 Å². The minimum atomic E-state index is 0.370. The zero-order valence-electron chi connectivity index (χ0n) is 12.2.